The molecular weight excluding hydrogens is 304 g/mol. The second-order valence-corrected chi connectivity index (χ2v) is 6.65. The molecule has 3 rings (SSSR count). The normalized spacial score (nSPS) is 12.7. The lowest BCUT2D eigenvalue weighted by Crippen LogP contribution is -2.27. The molecule has 1 amide bonds. The fourth-order valence-corrected chi connectivity index (χ4v) is 3.63. The van der Waals surface area contributed by atoms with Crippen LogP contribution in [0.4, 0.5) is 0 Å². The van der Waals surface area contributed by atoms with Gasteiger partial charge in [0.25, 0.3) is 5.91 Å². The van der Waals surface area contributed by atoms with Gasteiger partial charge >= 0.3 is 0 Å². The lowest BCUT2D eigenvalue weighted by Gasteiger charge is -2.09. The van der Waals surface area contributed by atoms with E-state index in [4.69, 9.17) is 0 Å². The van der Waals surface area contributed by atoms with E-state index in [1.807, 2.05) is 34.5 Å². The zero-order valence-electron chi connectivity index (χ0n) is 11.9. The lowest BCUT2D eigenvalue weighted by atomic mass is 10.2. The first kappa shape index (κ1) is 14.2. The average molecular weight is 320 g/mol. The van der Waals surface area contributed by atoms with Gasteiger partial charge in [-0.25, -0.2) is 9.97 Å². The molecule has 21 heavy (non-hydrogen) atoms. The van der Waals surface area contributed by atoms with Crippen LogP contribution in [0.25, 0.3) is 4.96 Å². The van der Waals surface area contributed by atoms with Crippen LogP contribution in [0.5, 0.6) is 0 Å². The van der Waals surface area contributed by atoms with E-state index in [2.05, 4.69) is 22.2 Å². The molecule has 0 fully saturated rings. The van der Waals surface area contributed by atoms with Gasteiger partial charge in [0.05, 0.1) is 16.7 Å². The van der Waals surface area contributed by atoms with Crippen molar-refractivity contribution in [2.24, 2.45) is 0 Å². The summed E-state index contributed by atoms with van der Waals surface area (Å²) in [5, 5.41) is 7.77. The Labute approximate surface area is 130 Å². The van der Waals surface area contributed by atoms with Crippen molar-refractivity contribution in [3.63, 3.8) is 0 Å². The third-order valence-electron chi connectivity index (χ3n) is 3.15. The van der Waals surface area contributed by atoms with Gasteiger partial charge in [-0.1, -0.05) is 6.92 Å². The maximum atomic E-state index is 12.2. The summed E-state index contributed by atoms with van der Waals surface area (Å²) in [6.45, 7) is 4.04. The molecule has 0 aliphatic carbocycles. The molecule has 0 aliphatic rings. The minimum Gasteiger partial charge on any atom is -0.343 e. The third-order valence-corrected chi connectivity index (χ3v) is 4.83. The van der Waals surface area contributed by atoms with Gasteiger partial charge in [0.2, 0.25) is 0 Å². The number of hydrogen-bond acceptors (Lipinski definition) is 5. The summed E-state index contributed by atoms with van der Waals surface area (Å²) in [7, 11) is 0. The van der Waals surface area contributed by atoms with Crippen molar-refractivity contribution in [1.29, 1.82) is 0 Å². The number of amides is 1. The van der Waals surface area contributed by atoms with Crippen LogP contribution in [0, 0.1) is 0 Å². The Morgan fingerprint density at radius 3 is 3.05 bits per heavy atom. The van der Waals surface area contributed by atoms with Crippen LogP contribution in [0.3, 0.4) is 0 Å². The van der Waals surface area contributed by atoms with E-state index in [-0.39, 0.29) is 11.9 Å². The number of nitrogens with one attached hydrogen (secondary N) is 1. The Morgan fingerprint density at radius 2 is 2.29 bits per heavy atom. The Balaban J connectivity index is 1.69. The zero-order chi connectivity index (χ0) is 14.8. The predicted octanol–water partition coefficient (Wildman–Crippen LogP) is 3.30. The molecule has 1 atom stereocenters. The molecule has 0 aromatic carbocycles. The van der Waals surface area contributed by atoms with E-state index in [1.54, 1.807) is 22.7 Å². The van der Waals surface area contributed by atoms with E-state index in [9.17, 15) is 4.79 Å². The van der Waals surface area contributed by atoms with Gasteiger partial charge in [0.1, 0.15) is 5.69 Å². The Bertz CT molecular complexity index is 729. The molecule has 0 unspecified atom stereocenters. The van der Waals surface area contributed by atoms with Gasteiger partial charge in [-0.05, 0) is 19.8 Å². The lowest BCUT2D eigenvalue weighted by molar-refractivity contribution is 0.0934. The minimum atomic E-state index is -0.141. The van der Waals surface area contributed by atoms with Gasteiger partial charge < -0.3 is 5.32 Å². The largest absolute Gasteiger partial charge is 0.343 e. The zero-order valence-corrected chi connectivity index (χ0v) is 13.5. The molecule has 5 nitrogen and oxygen atoms in total. The van der Waals surface area contributed by atoms with Crippen LogP contribution >= 0.6 is 22.7 Å². The monoisotopic (exact) mass is 320 g/mol. The van der Waals surface area contributed by atoms with Crippen molar-refractivity contribution in [3.05, 3.63) is 39.5 Å². The second kappa shape index (κ2) is 5.95. The highest BCUT2D eigenvalue weighted by molar-refractivity contribution is 7.15. The molecular formula is C14H16N4OS2. The summed E-state index contributed by atoms with van der Waals surface area (Å²) in [4.78, 5) is 22.0. The molecule has 0 spiro atoms. The van der Waals surface area contributed by atoms with Gasteiger partial charge in [0.15, 0.2) is 4.96 Å². The van der Waals surface area contributed by atoms with E-state index < -0.39 is 0 Å². The molecule has 3 heterocycles. The van der Waals surface area contributed by atoms with Crippen molar-refractivity contribution < 1.29 is 4.79 Å². The first-order valence-corrected chi connectivity index (χ1v) is 8.60. The Morgan fingerprint density at radius 1 is 1.43 bits per heavy atom. The van der Waals surface area contributed by atoms with Gasteiger partial charge in [-0.3, -0.25) is 9.20 Å². The molecule has 110 valence electrons. The standard InChI is InChI=1S/C14H16N4OS2/c1-3-4-12-16-11(8-21-12)13(19)15-9(2)10-7-18-5-6-20-14(18)17-10/h5-9H,3-4H2,1-2H3,(H,15,19)/t9-/m0/s1. The number of aryl methyl sites for hydroxylation is 1. The number of thiazole rings is 2. The number of fused-ring (bicyclic) bond motifs is 1. The summed E-state index contributed by atoms with van der Waals surface area (Å²) in [6, 6.07) is -0.138. The first-order chi connectivity index (χ1) is 10.2. The molecule has 3 aromatic rings. The second-order valence-electron chi connectivity index (χ2n) is 4.83. The molecule has 0 bridgehead atoms. The summed E-state index contributed by atoms with van der Waals surface area (Å²) in [5.41, 5.74) is 1.36. The van der Waals surface area contributed by atoms with Gasteiger partial charge in [-0.15, -0.1) is 22.7 Å². The number of carbonyl (C=O) groups is 1. The number of carbonyl (C=O) groups excluding carboxylic acids is 1. The van der Waals surface area contributed by atoms with Crippen LogP contribution < -0.4 is 5.32 Å². The summed E-state index contributed by atoms with van der Waals surface area (Å²) < 4.78 is 1.96. The number of nitrogens with zero attached hydrogens (tertiary/aromatic N) is 3. The number of aromatic nitrogens is 3. The molecule has 0 saturated heterocycles. The third kappa shape index (κ3) is 2.98. The maximum absolute atomic E-state index is 12.2. The van der Waals surface area contributed by atoms with Crippen molar-refractivity contribution in [3.8, 4) is 0 Å². The van der Waals surface area contributed by atoms with Crippen molar-refractivity contribution in [1.82, 2.24) is 19.7 Å². The summed E-state index contributed by atoms with van der Waals surface area (Å²) in [6.07, 6.45) is 5.87. The Hall–Kier alpha value is -1.73. The van der Waals surface area contributed by atoms with E-state index >= 15 is 0 Å². The maximum Gasteiger partial charge on any atom is 0.271 e. The number of imidazole rings is 1. The predicted molar refractivity (Wildman–Crippen MR) is 85.1 cm³/mol. The Kier molecular flexibility index (Phi) is 4.03. The SMILES string of the molecule is CCCc1nc(C(=O)N[C@@H](C)c2cn3ccsc3n2)cs1. The van der Waals surface area contributed by atoms with Crippen molar-refractivity contribution >= 4 is 33.5 Å². The molecule has 0 radical (unpaired) electrons. The number of rotatable bonds is 5. The van der Waals surface area contributed by atoms with Crippen LogP contribution in [-0.2, 0) is 6.42 Å². The molecule has 7 heteroatoms. The fourth-order valence-electron chi connectivity index (χ4n) is 2.04. The van der Waals surface area contributed by atoms with Gasteiger partial charge in [0, 0.05) is 23.2 Å². The average Bonchev–Trinajstić information content (AvgIpc) is 3.13. The molecule has 0 aliphatic heterocycles. The van der Waals surface area contributed by atoms with Crippen LogP contribution in [0.15, 0.2) is 23.2 Å². The summed E-state index contributed by atoms with van der Waals surface area (Å²) in [5.74, 6) is -0.141. The molecule has 1 N–H and O–H groups in total. The first-order valence-electron chi connectivity index (χ1n) is 6.84. The van der Waals surface area contributed by atoms with E-state index in [1.165, 1.54) is 0 Å². The quantitative estimate of drug-likeness (QED) is 0.784. The number of hydrogen-bond donors (Lipinski definition) is 1. The minimum absolute atomic E-state index is 0.138. The van der Waals surface area contributed by atoms with Crippen LogP contribution in [0.1, 0.15) is 47.5 Å². The van der Waals surface area contributed by atoms with Crippen LogP contribution in [0.2, 0.25) is 0 Å². The highest BCUT2D eigenvalue weighted by atomic mass is 32.1. The van der Waals surface area contributed by atoms with E-state index in [0.29, 0.717) is 5.69 Å². The van der Waals surface area contributed by atoms with Crippen molar-refractivity contribution in [2.45, 2.75) is 32.7 Å². The van der Waals surface area contributed by atoms with Crippen LogP contribution in [-0.4, -0.2) is 20.3 Å². The molecule has 0 saturated carbocycles. The highest BCUT2D eigenvalue weighted by Crippen LogP contribution is 2.18. The van der Waals surface area contributed by atoms with E-state index in [0.717, 1.165) is 28.5 Å². The smallest absolute Gasteiger partial charge is 0.271 e. The summed E-state index contributed by atoms with van der Waals surface area (Å²) >= 11 is 3.12. The highest BCUT2D eigenvalue weighted by Gasteiger charge is 2.16. The topological polar surface area (TPSA) is 59.3 Å². The van der Waals surface area contributed by atoms with Gasteiger partial charge in [-0.2, -0.15) is 0 Å². The molecule has 3 aromatic heterocycles. The van der Waals surface area contributed by atoms with Crippen molar-refractivity contribution in [2.75, 3.05) is 0 Å². The fraction of sp³-hybridized carbons (Fsp3) is 0.357.